The summed E-state index contributed by atoms with van der Waals surface area (Å²) in [4.78, 5) is 15.2. The van der Waals surface area contributed by atoms with E-state index in [4.69, 9.17) is 0 Å². The van der Waals surface area contributed by atoms with Crippen LogP contribution in [-0.4, -0.2) is 10.9 Å². The molecule has 3 rings (SSSR count). The zero-order valence-electron chi connectivity index (χ0n) is 11.6. The maximum atomic E-state index is 12.8. The number of hydrogen-bond donors (Lipinski definition) is 2. The van der Waals surface area contributed by atoms with Crippen molar-refractivity contribution in [3.8, 4) is 0 Å². The molecule has 0 fully saturated rings. The van der Waals surface area contributed by atoms with Crippen molar-refractivity contribution < 1.29 is 9.18 Å². The fourth-order valence-electron chi connectivity index (χ4n) is 2.36. The second-order valence-electron chi connectivity index (χ2n) is 5.11. The fraction of sp³-hybridized carbons (Fsp3) is 0.118. The molecule has 3 nitrogen and oxygen atoms in total. The number of rotatable bonds is 3. The Hall–Kier alpha value is -2.62. The molecule has 0 atom stereocenters. The van der Waals surface area contributed by atoms with E-state index in [1.807, 2.05) is 25.1 Å². The Labute approximate surface area is 121 Å². The van der Waals surface area contributed by atoms with E-state index in [-0.39, 0.29) is 18.1 Å². The van der Waals surface area contributed by atoms with Gasteiger partial charge in [0.1, 0.15) is 5.82 Å². The number of nitrogens with one attached hydrogen (secondary N) is 2. The van der Waals surface area contributed by atoms with Crippen LogP contribution in [-0.2, 0) is 11.2 Å². The van der Waals surface area contributed by atoms with Crippen LogP contribution in [0.15, 0.2) is 48.5 Å². The molecule has 0 saturated heterocycles. The van der Waals surface area contributed by atoms with E-state index >= 15 is 0 Å². The molecule has 0 saturated carbocycles. The monoisotopic (exact) mass is 282 g/mol. The van der Waals surface area contributed by atoms with Crippen LogP contribution < -0.4 is 5.32 Å². The molecule has 1 heterocycles. The standard InChI is InChI=1S/C17H15FN2O/c1-11-8-13-9-12(2-7-16(13)19-11)10-17(21)20-15-5-3-14(18)4-6-15/h2-9,19H,10H2,1H3,(H,20,21). The van der Waals surface area contributed by atoms with Gasteiger partial charge in [0, 0.05) is 16.9 Å². The molecule has 21 heavy (non-hydrogen) atoms. The first-order chi connectivity index (χ1) is 10.1. The van der Waals surface area contributed by atoms with E-state index in [0.717, 1.165) is 22.2 Å². The van der Waals surface area contributed by atoms with Gasteiger partial charge in [0.25, 0.3) is 0 Å². The molecule has 0 aliphatic heterocycles. The molecule has 1 aromatic heterocycles. The van der Waals surface area contributed by atoms with Gasteiger partial charge in [-0.25, -0.2) is 4.39 Å². The number of benzene rings is 2. The van der Waals surface area contributed by atoms with Crippen LogP contribution >= 0.6 is 0 Å². The number of carbonyl (C=O) groups is 1. The number of hydrogen-bond acceptors (Lipinski definition) is 1. The number of anilines is 1. The van der Waals surface area contributed by atoms with Crippen LogP contribution in [0.5, 0.6) is 0 Å². The van der Waals surface area contributed by atoms with Crippen LogP contribution in [0.4, 0.5) is 10.1 Å². The van der Waals surface area contributed by atoms with E-state index in [2.05, 4.69) is 16.4 Å². The SMILES string of the molecule is Cc1cc2cc(CC(=O)Nc3ccc(F)cc3)ccc2[nH]1. The number of carbonyl (C=O) groups excluding carboxylic acids is 1. The molecular weight excluding hydrogens is 267 g/mol. The first-order valence-corrected chi connectivity index (χ1v) is 6.74. The molecule has 3 aromatic rings. The Morgan fingerprint density at radius 2 is 1.90 bits per heavy atom. The fourth-order valence-corrected chi connectivity index (χ4v) is 2.36. The normalized spacial score (nSPS) is 10.8. The molecule has 0 bridgehead atoms. The van der Waals surface area contributed by atoms with Crippen LogP contribution in [0.3, 0.4) is 0 Å². The molecule has 2 N–H and O–H groups in total. The number of aromatic amines is 1. The van der Waals surface area contributed by atoms with Crippen molar-refractivity contribution in [3.63, 3.8) is 0 Å². The molecule has 0 aliphatic carbocycles. The largest absolute Gasteiger partial charge is 0.359 e. The summed E-state index contributed by atoms with van der Waals surface area (Å²) in [6.07, 6.45) is 0.289. The molecule has 0 unspecified atom stereocenters. The van der Waals surface area contributed by atoms with Crippen molar-refractivity contribution in [1.29, 1.82) is 0 Å². The van der Waals surface area contributed by atoms with Gasteiger partial charge in [0.05, 0.1) is 6.42 Å². The molecule has 2 aromatic carbocycles. The summed E-state index contributed by atoms with van der Waals surface area (Å²) >= 11 is 0. The Bertz CT molecular complexity index is 790. The van der Waals surface area contributed by atoms with Crippen LogP contribution in [0, 0.1) is 12.7 Å². The van der Waals surface area contributed by atoms with Gasteiger partial charge in [-0.1, -0.05) is 6.07 Å². The van der Waals surface area contributed by atoms with Crippen molar-refractivity contribution >= 4 is 22.5 Å². The zero-order valence-corrected chi connectivity index (χ0v) is 11.6. The first kappa shape index (κ1) is 13.4. The maximum Gasteiger partial charge on any atom is 0.228 e. The number of H-pyrrole nitrogens is 1. The minimum absolute atomic E-state index is 0.117. The number of aromatic nitrogens is 1. The quantitative estimate of drug-likeness (QED) is 0.754. The average molecular weight is 282 g/mol. The average Bonchev–Trinajstić information content (AvgIpc) is 2.80. The van der Waals surface area contributed by atoms with Crippen molar-refractivity contribution in [2.24, 2.45) is 0 Å². The van der Waals surface area contributed by atoms with Gasteiger partial charge >= 0.3 is 0 Å². The summed E-state index contributed by atoms with van der Waals surface area (Å²) in [5.74, 6) is -0.436. The molecule has 0 aliphatic rings. The number of halogens is 1. The van der Waals surface area contributed by atoms with Gasteiger partial charge in [-0.15, -0.1) is 0 Å². The maximum absolute atomic E-state index is 12.8. The highest BCUT2D eigenvalue weighted by Crippen LogP contribution is 2.17. The summed E-state index contributed by atoms with van der Waals surface area (Å²) in [5.41, 5.74) is 3.70. The zero-order chi connectivity index (χ0) is 14.8. The summed E-state index contributed by atoms with van der Waals surface area (Å²) in [6.45, 7) is 2.00. The van der Waals surface area contributed by atoms with Crippen molar-refractivity contribution in [3.05, 3.63) is 65.6 Å². The summed E-state index contributed by atoms with van der Waals surface area (Å²) < 4.78 is 12.8. The predicted octanol–water partition coefficient (Wildman–Crippen LogP) is 3.80. The highest BCUT2D eigenvalue weighted by atomic mass is 19.1. The van der Waals surface area contributed by atoms with Crippen molar-refractivity contribution in [1.82, 2.24) is 4.98 Å². The molecule has 0 spiro atoms. The van der Waals surface area contributed by atoms with Gasteiger partial charge < -0.3 is 10.3 Å². The lowest BCUT2D eigenvalue weighted by Gasteiger charge is -2.05. The van der Waals surface area contributed by atoms with Crippen LogP contribution in [0.25, 0.3) is 10.9 Å². The second-order valence-corrected chi connectivity index (χ2v) is 5.11. The number of amides is 1. The highest BCUT2D eigenvalue weighted by Gasteiger charge is 2.06. The van der Waals surface area contributed by atoms with E-state index in [1.165, 1.54) is 12.1 Å². The van der Waals surface area contributed by atoms with Crippen molar-refractivity contribution in [2.45, 2.75) is 13.3 Å². The lowest BCUT2D eigenvalue weighted by Crippen LogP contribution is -2.14. The van der Waals surface area contributed by atoms with Gasteiger partial charge in [-0.2, -0.15) is 0 Å². The Kier molecular flexibility index (Phi) is 3.44. The van der Waals surface area contributed by atoms with E-state index in [9.17, 15) is 9.18 Å². The van der Waals surface area contributed by atoms with E-state index in [1.54, 1.807) is 12.1 Å². The summed E-state index contributed by atoms with van der Waals surface area (Å²) in [6, 6.07) is 13.7. The summed E-state index contributed by atoms with van der Waals surface area (Å²) in [7, 11) is 0. The minimum Gasteiger partial charge on any atom is -0.359 e. The predicted molar refractivity (Wildman–Crippen MR) is 81.8 cm³/mol. The lowest BCUT2D eigenvalue weighted by atomic mass is 10.1. The van der Waals surface area contributed by atoms with E-state index in [0.29, 0.717) is 5.69 Å². The van der Waals surface area contributed by atoms with Gasteiger partial charge in [-0.05, 0) is 60.3 Å². The third kappa shape index (κ3) is 3.11. The van der Waals surface area contributed by atoms with Crippen LogP contribution in [0.1, 0.15) is 11.3 Å². The van der Waals surface area contributed by atoms with E-state index < -0.39 is 0 Å². The molecule has 0 radical (unpaired) electrons. The second kappa shape index (κ2) is 5.40. The smallest absolute Gasteiger partial charge is 0.228 e. The summed E-state index contributed by atoms with van der Waals surface area (Å²) in [5, 5.41) is 3.85. The molecule has 1 amide bonds. The Morgan fingerprint density at radius 3 is 2.67 bits per heavy atom. The Morgan fingerprint density at radius 1 is 1.14 bits per heavy atom. The highest BCUT2D eigenvalue weighted by molar-refractivity contribution is 5.93. The molecule has 4 heteroatoms. The van der Waals surface area contributed by atoms with Gasteiger partial charge in [-0.3, -0.25) is 4.79 Å². The number of aryl methyl sites for hydroxylation is 1. The minimum atomic E-state index is -0.318. The third-order valence-electron chi connectivity index (χ3n) is 3.31. The van der Waals surface area contributed by atoms with Gasteiger partial charge in [0.2, 0.25) is 5.91 Å². The van der Waals surface area contributed by atoms with Crippen molar-refractivity contribution in [2.75, 3.05) is 5.32 Å². The Balaban J connectivity index is 1.71. The number of fused-ring (bicyclic) bond motifs is 1. The topological polar surface area (TPSA) is 44.9 Å². The first-order valence-electron chi connectivity index (χ1n) is 6.74. The lowest BCUT2D eigenvalue weighted by molar-refractivity contribution is -0.115. The molecular formula is C17H15FN2O. The molecule has 106 valence electrons. The van der Waals surface area contributed by atoms with Crippen LogP contribution in [0.2, 0.25) is 0 Å². The third-order valence-corrected chi connectivity index (χ3v) is 3.31. The van der Waals surface area contributed by atoms with Gasteiger partial charge in [0.15, 0.2) is 0 Å².